The van der Waals surface area contributed by atoms with E-state index < -0.39 is 17.9 Å². The Hall–Kier alpha value is -3.18. The molecule has 11 nitrogen and oxygen atoms in total. The van der Waals surface area contributed by atoms with E-state index in [1.165, 1.54) is 16.8 Å². The van der Waals surface area contributed by atoms with Gasteiger partial charge in [-0.2, -0.15) is 0 Å². The van der Waals surface area contributed by atoms with E-state index in [-0.39, 0.29) is 19.3 Å². The van der Waals surface area contributed by atoms with Gasteiger partial charge in [0.15, 0.2) is 0 Å². The van der Waals surface area contributed by atoms with Crippen LogP contribution in [0, 0.1) is 18.8 Å². The molecule has 0 saturated carbocycles. The zero-order valence-electron chi connectivity index (χ0n) is 21.0. The monoisotopic (exact) mass is 501 g/mol. The van der Waals surface area contributed by atoms with Crippen LogP contribution < -0.4 is 4.90 Å². The minimum absolute atomic E-state index is 0.113. The van der Waals surface area contributed by atoms with Crippen LogP contribution in [0.2, 0.25) is 0 Å². The second-order valence-electron chi connectivity index (χ2n) is 10.0. The van der Waals surface area contributed by atoms with Crippen molar-refractivity contribution in [1.29, 1.82) is 0 Å². The van der Waals surface area contributed by atoms with Crippen LogP contribution in [0.15, 0.2) is 18.2 Å². The molecule has 196 valence electrons. The fourth-order valence-electron chi connectivity index (χ4n) is 5.73. The van der Waals surface area contributed by atoms with Crippen molar-refractivity contribution >= 4 is 30.1 Å². The van der Waals surface area contributed by atoms with Gasteiger partial charge in [0.25, 0.3) is 18.3 Å². The Bertz CT molecular complexity index is 965. The second kappa shape index (κ2) is 11.3. The Morgan fingerprint density at radius 1 is 1.03 bits per heavy atom. The number of rotatable bonds is 4. The zero-order valence-corrected chi connectivity index (χ0v) is 21.0. The molecule has 11 heteroatoms. The predicted molar refractivity (Wildman–Crippen MR) is 131 cm³/mol. The summed E-state index contributed by atoms with van der Waals surface area (Å²) in [5.74, 6) is -0.0969. The van der Waals surface area contributed by atoms with E-state index in [0.29, 0.717) is 30.0 Å². The highest BCUT2D eigenvalue weighted by atomic mass is 16.7. The fraction of sp³-hybridized carbons (Fsp3) is 0.600. The van der Waals surface area contributed by atoms with E-state index in [4.69, 9.17) is 14.7 Å². The molecule has 1 aromatic rings. The molecule has 4 heterocycles. The van der Waals surface area contributed by atoms with Crippen molar-refractivity contribution in [3.8, 4) is 0 Å². The topological polar surface area (TPSA) is 114 Å². The smallest absolute Gasteiger partial charge is 0.434 e. The number of hydrogen-bond acceptors (Lipinski definition) is 8. The number of anilines is 1. The number of imide groups is 1. The second-order valence-corrected chi connectivity index (χ2v) is 10.0. The number of hydrogen-bond donors (Lipinski definition) is 1. The first-order valence-electron chi connectivity index (χ1n) is 12.5. The normalized spacial score (nSPS) is 24.6. The molecular formula is C25H35N5O6. The summed E-state index contributed by atoms with van der Waals surface area (Å²) < 4.78 is 0. The molecule has 2 unspecified atom stereocenters. The summed E-state index contributed by atoms with van der Waals surface area (Å²) >= 11 is 0. The first-order valence-corrected chi connectivity index (χ1v) is 12.5. The minimum atomic E-state index is -0.587. The molecule has 1 N–H and O–H groups in total. The molecule has 3 amide bonds. The lowest BCUT2D eigenvalue weighted by atomic mass is 10.0. The van der Waals surface area contributed by atoms with Gasteiger partial charge in [-0.05, 0) is 36.9 Å². The highest BCUT2D eigenvalue weighted by Gasteiger charge is 2.43. The Morgan fingerprint density at radius 3 is 2.19 bits per heavy atom. The maximum atomic E-state index is 12.5. The first-order chi connectivity index (χ1) is 17.3. The number of likely N-dealkylation sites (N-methyl/N-ethyl adjacent to an activating group) is 1. The number of piperazine rings is 1. The van der Waals surface area contributed by atoms with Gasteiger partial charge in [-0.15, -0.1) is 5.06 Å². The molecule has 4 saturated heterocycles. The molecule has 5 rings (SSSR count). The van der Waals surface area contributed by atoms with Gasteiger partial charge in [-0.3, -0.25) is 19.3 Å². The number of benzene rings is 1. The van der Waals surface area contributed by atoms with Crippen LogP contribution >= 0.6 is 0 Å². The van der Waals surface area contributed by atoms with Crippen molar-refractivity contribution in [2.75, 3.05) is 64.3 Å². The lowest BCUT2D eigenvalue weighted by molar-refractivity contribution is -0.173. The average molecular weight is 502 g/mol. The number of fused-ring (bicyclic) bond motifs is 1. The number of nitrogens with zero attached hydrogens (tertiary/aromatic N) is 5. The van der Waals surface area contributed by atoms with E-state index in [0.717, 1.165) is 45.8 Å². The Balaban J connectivity index is 0.000000967. The quantitative estimate of drug-likeness (QED) is 0.477. The van der Waals surface area contributed by atoms with E-state index in [2.05, 4.69) is 46.9 Å². The summed E-state index contributed by atoms with van der Waals surface area (Å²) in [7, 11) is 2.18. The summed E-state index contributed by atoms with van der Waals surface area (Å²) in [5.41, 5.74) is 4.09. The highest BCUT2D eigenvalue weighted by molar-refractivity contribution is 6.01. The summed E-state index contributed by atoms with van der Waals surface area (Å²) in [6.45, 7) is 10.2. The molecule has 4 fully saturated rings. The highest BCUT2D eigenvalue weighted by Crippen LogP contribution is 2.34. The average Bonchev–Trinajstić information content (AvgIpc) is 3.50. The summed E-state index contributed by atoms with van der Waals surface area (Å²) in [5, 5.41) is 7.53. The summed E-state index contributed by atoms with van der Waals surface area (Å²) in [6, 6.07) is 6.61. The van der Waals surface area contributed by atoms with Gasteiger partial charge >= 0.3 is 6.09 Å². The fourth-order valence-corrected chi connectivity index (χ4v) is 5.73. The molecule has 4 aliphatic rings. The summed E-state index contributed by atoms with van der Waals surface area (Å²) in [4.78, 5) is 58.5. The minimum Gasteiger partial charge on any atom is -0.483 e. The zero-order chi connectivity index (χ0) is 25.8. The standard InChI is InChI=1S/C24H33N5O4.CH2O2/c1-17-4-3-5-18(23(17)27-10-8-25(2)9-11-27)12-26-13-19-15-28(16-20(19)14-26)24(32)33-29-21(30)6-7-22(29)31;2-1-3/h3-5,19-20H,6-16H2,1-2H3;1H,(H,2,3). The van der Waals surface area contributed by atoms with Crippen molar-refractivity contribution in [2.24, 2.45) is 11.8 Å². The van der Waals surface area contributed by atoms with Crippen LogP contribution in [-0.4, -0.2) is 109 Å². The lowest BCUT2D eigenvalue weighted by Gasteiger charge is -2.36. The van der Waals surface area contributed by atoms with Gasteiger partial charge in [0.1, 0.15) is 0 Å². The Kier molecular flexibility index (Phi) is 8.10. The van der Waals surface area contributed by atoms with Crippen LogP contribution in [-0.2, 0) is 25.8 Å². The number of carbonyl (C=O) groups is 4. The van der Waals surface area contributed by atoms with Crippen LogP contribution in [0.4, 0.5) is 10.5 Å². The maximum absolute atomic E-state index is 12.5. The molecule has 1 aromatic carbocycles. The third-order valence-electron chi connectivity index (χ3n) is 7.53. The molecule has 4 aliphatic heterocycles. The third-order valence-corrected chi connectivity index (χ3v) is 7.53. The number of para-hydroxylation sites is 1. The van der Waals surface area contributed by atoms with Gasteiger partial charge in [-0.1, -0.05) is 18.2 Å². The Labute approximate surface area is 211 Å². The van der Waals surface area contributed by atoms with E-state index >= 15 is 0 Å². The lowest BCUT2D eigenvalue weighted by Crippen LogP contribution is -2.45. The van der Waals surface area contributed by atoms with E-state index in [1.54, 1.807) is 4.90 Å². The number of hydroxylamine groups is 2. The van der Waals surface area contributed by atoms with Crippen molar-refractivity contribution < 1.29 is 29.1 Å². The number of carboxylic acid groups (broad SMARTS) is 1. The molecule has 0 spiro atoms. The van der Waals surface area contributed by atoms with Crippen LogP contribution in [0.25, 0.3) is 0 Å². The van der Waals surface area contributed by atoms with Crippen molar-refractivity contribution in [2.45, 2.75) is 26.3 Å². The summed E-state index contributed by atoms with van der Waals surface area (Å²) in [6.07, 6.45) is -0.362. The van der Waals surface area contributed by atoms with Gasteiger partial charge in [0.2, 0.25) is 0 Å². The number of aryl methyl sites for hydroxylation is 1. The number of amides is 3. The van der Waals surface area contributed by atoms with Crippen molar-refractivity contribution in [3.05, 3.63) is 29.3 Å². The Morgan fingerprint density at radius 2 is 1.61 bits per heavy atom. The van der Waals surface area contributed by atoms with Gasteiger partial charge in [0.05, 0.1) is 0 Å². The molecule has 36 heavy (non-hydrogen) atoms. The van der Waals surface area contributed by atoms with Crippen LogP contribution in [0.5, 0.6) is 0 Å². The van der Waals surface area contributed by atoms with E-state index in [1.807, 2.05) is 0 Å². The SMILES string of the molecule is Cc1cccc(CN2CC3CN(C(=O)ON4C(=O)CCC4=O)CC3C2)c1N1CCN(C)CC1.O=CO. The largest absolute Gasteiger partial charge is 0.483 e. The van der Waals surface area contributed by atoms with Gasteiger partial charge in [-0.25, -0.2) is 4.79 Å². The third kappa shape index (κ3) is 5.62. The number of likely N-dealkylation sites (tertiary alicyclic amines) is 2. The molecule has 0 radical (unpaired) electrons. The van der Waals surface area contributed by atoms with Crippen molar-refractivity contribution in [1.82, 2.24) is 19.8 Å². The number of carbonyl (C=O) groups excluding carboxylic acids is 3. The maximum Gasteiger partial charge on any atom is 0.434 e. The van der Waals surface area contributed by atoms with Gasteiger partial charge < -0.3 is 24.6 Å². The molecule has 2 atom stereocenters. The van der Waals surface area contributed by atoms with Gasteiger partial charge in [0, 0.05) is 77.4 Å². The molecule has 0 aromatic heterocycles. The van der Waals surface area contributed by atoms with Crippen molar-refractivity contribution in [3.63, 3.8) is 0 Å². The van der Waals surface area contributed by atoms with Crippen LogP contribution in [0.3, 0.4) is 0 Å². The van der Waals surface area contributed by atoms with Crippen LogP contribution in [0.1, 0.15) is 24.0 Å². The molecule has 0 bridgehead atoms. The van der Waals surface area contributed by atoms with E-state index in [9.17, 15) is 14.4 Å². The first kappa shape index (κ1) is 25.9. The molecular weight excluding hydrogens is 466 g/mol. The molecule has 0 aliphatic carbocycles. The predicted octanol–water partition coefficient (Wildman–Crippen LogP) is 1.01.